The second kappa shape index (κ2) is 8.23. The zero-order valence-electron chi connectivity index (χ0n) is 14.8. The van der Waals surface area contributed by atoms with E-state index in [1.807, 2.05) is 12.3 Å². The van der Waals surface area contributed by atoms with E-state index in [0.717, 1.165) is 24.1 Å². The fourth-order valence-corrected chi connectivity index (χ4v) is 2.64. The van der Waals surface area contributed by atoms with Crippen LogP contribution in [0.15, 0.2) is 66.9 Å². The Hall–Kier alpha value is -3.54. The summed E-state index contributed by atoms with van der Waals surface area (Å²) < 4.78 is 5.22. The van der Waals surface area contributed by atoms with Crippen LogP contribution in [0, 0.1) is 10.1 Å². The van der Waals surface area contributed by atoms with Gasteiger partial charge in [-0.15, -0.1) is 0 Å². The van der Waals surface area contributed by atoms with Gasteiger partial charge in [0.25, 0.3) is 5.69 Å². The lowest BCUT2D eigenvalue weighted by molar-refractivity contribution is -0.384. The fourth-order valence-electron chi connectivity index (χ4n) is 2.64. The smallest absolute Gasteiger partial charge is 0.343 e. The molecule has 3 rings (SSSR count). The minimum Gasteiger partial charge on any atom is -0.423 e. The maximum Gasteiger partial charge on any atom is 0.343 e. The molecule has 0 amide bonds. The van der Waals surface area contributed by atoms with Crippen molar-refractivity contribution in [3.05, 3.63) is 88.1 Å². The van der Waals surface area contributed by atoms with Crippen LogP contribution in [0.4, 0.5) is 5.69 Å². The normalized spacial score (nSPS) is 10.4. The number of rotatable bonds is 6. The number of hydrogen-bond acceptors (Lipinski definition) is 5. The molecule has 0 atom stereocenters. The molecule has 2 aromatic carbocycles. The van der Waals surface area contributed by atoms with Crippen LogP contribution >= 0.6 is 0 Å². The highest BCUT2D eigenvalue weighted by Gasteiger charge is 2.12. The molecular formula is C21H18N2O4. The molecular weight excluding hydrogens is 344 g/mol. The molecule has 0 unspecified atom stereocenters. The Morgan fingerprint density at radius 1 is 1.11 bits per heavy atom. The second-order valence-electron chi connectivity index (χ2n) is 6.02. The summed E-state index contributed by atoms with van der Waals surface area (Å²) in [5.74, 6) is -0.445. The summed E-state index contributed by atoms with van der Waals surface area (Å²) >= 11 is 0. The van der Waals surface area contributed by atoms with Crippen molar-refractivity contribution in [1.29, 1.82) is 0 Å². The van der Waals surface area contributed by atoms with Crippen LogP contribution in [0.1, 0.15) is 29.3 Å². The molecule has 136 valence electrons. The van der Waals surface area contributed by atoms with E-state index in [0.29, 0.717) is 5.56 Å². The predicted molar refractivity (Wildman–Crippen MR) is 102 cm³/mol. The SMILES string of the molecule is CCCc1ccc(-c2ccc(C(=O)Oc3cccc([N+](=O)[O-])c3)cc2)nc1. The molecule has 0 saturated heterocycles. The number of esters is 1. The lowest BCUT2D eigenvalue weighted by Crippen LogP contribution is -2.08. The van der Waals surface area contributed by atoms with E-state index in [4.69, 9.17) is 4.74 Å². The summed E-state index contributed by atoms with van der Waals surface area (Å²) in [6.45, 7) is 2.12. The molecule has 0 N–H and O–H groups in total. The van der Waals surface area contributed by atoms with E-state index < -0.39 is 10.9 Å². The maximum atomic E-state index is 12.3. The average Bonchev–Trinajstić information content (AvgIpc) is 2.69. The summed E-state index contributed by atoms with van der Waals surface area (Å²) in [4.78, 5) is 27.0. The Bertz CT molecular complexity index is 951. The van der Waals surface area contributed by atoms with E-state index in [9.17, 15) is 14.9 Å². The third-order valence-electron chi connectivity index (χ3n) is 4.02. The van der Waals surface area contributed by atoms with E-state index in [1.54, 1.807) is 24.3 Å². The van der Waals surface area contributed by atoms with Crippen molar-refractivity contribution in [1.82, 2.24) is 4.98 Å². The second-order valence-corrected chi connectivity index (χ2v) is 6.02. The number of hydrogen-bond donors (Lipinski definition) is 0. The van der Waals surface area contributed by atoms with Gasteiger partial charge >= 0.3 is 5.97 Å². The Morgan fingerprint density at radius 3 is 2.52 bits per heavy atom. The minimum atomic E-state index is -0.576. The zero-order valence-corrected chi connectivity index (χ0v) is 14.8. The van der Waals surface area contributed by atoms with E-state index >= 15 is 0 Å². The number of benzene rings is 2. The summed E-state index contributed by atoms with van der Waals surface area (Å²) in [5, 5.41) is 10.8. The number of non-ortho nitro benzene ring substituents is 1. The molecule has 1 heterocycles. The number of aromatic nitrogens is 1. The lowest BCUT2D eigenvalue weighted by Gasteiger charge is -2.06. The van der Waals surface area contributed by atoms with Gasteiger partial charge in [-0.3, -0.25) is 15.1 Å². The number of carbonyl (C=O) groups excluding carboxylic acids is 1. The molecule has 6 heteroatoms. The van der Waals surface area contributed by atoms with Gasteiger partial charge in [-0.25, -0.2) is 4.79 Å². The molecule has 0 aliphatic carbocycles. The predicted octanol–water partition coefficient (Wildman–Crippen LogP) is 4.83. The highest BCUT2D eigenvalue weighted by Crippen LogP contribution is 2.22. The monoisotopic (exact) mass is 362 g/mol. The highest BCUT2D eigenvalue weighted by atomic mass is 16.6. The standard InChI is InChI=1S/C21H18N2O4/c1-2-4-15-7-12-20(22-14-15)16-8-10-17(11-9-16)21(24)27-19-6-3-5-18(13-19)23(25)26/h3,5-14H,2,4H2,1H3. The lowest BCUT2D eigenvalue weighted by atomic mass is 10.1. The number of carbonyl (C=O) groups is 1. The van der Waals surface area contributed by atoms with Crippen LogP contribution < -0.4 is 4.74 Å². The highest BCUT2D eigenvalue weighted by molar-refractivity contribution is 5.91. The van der Waals surface area contributed by atoms with Crippen molar-refractivity contribution in [3.8, 4) is 17.0 Å². The third-order valence-corrected chi connectivity index (χ3v) is 4.02. The summed E-state index contributed by atoms with van der Waals surface area (Å²) in [5.41, 5.74) is 3.14. The molecule has 0 aliphatic heterocycles. The van der Waals surface area contributed by atoms with Crippen molar-refractivity contribution in [2.45, 2.75) is 19.8 Å². The quantitative estimate of drug-likeness (QED) is 0.271. The largest absolute Gasteiger partial charge is 0.423 e. The summed E-state index contributed by atoms with van der Waals surface area (Å²) in [7, 11) is 0. The number of ether oxygens (including phenoxy) is 1. The van der Waals surface area contributed by atoms with E-state index in [-0.39, 0.29) is 11.4 Å². The number of aryl methyl sites for hydroxylation is 1. The molecule has 0 radical (unpaired) electrons. The molecule has 0 spiro atoms. The van der Waals surface area contributed by atoms with Crippen molar-refractivity contribution in [2.24, 2.45) is 0 Å². The summed E-state index contributed by atoms with van der Waals surface area (Å²) in [6, 6.07) is 16.4. The molecule has 0 saturated carbocycles. The topological polar surface area (TPSA) is 82.3 Å². The molecule has 0 fully saturated rings. The first-order chi connectivity index (χ1) is 13.1. The molecule has 0 aliphatic rings. The van der Waals surface area contributed by atoms with Crippen LogP contribution in [0.5, 0.6) is 5.75 Å². The van der Waals surface area contributed by atoms with Gasteiger partial charge in [-0.2, -0.15) is 0 Å². The minimum absolute atomic E-state index is 0.131. The van der Waals surface area contributed by atoms with Crippen molar-refractivity contribution in [2.75, 3.05) is 0 Å². The van der Waals surface area contributed by atoms with Gasteiger partial charge in [0.05, 0.1) is 22.2 Å². The number of pyridine rings is 1. The van der Waals surface area contributed by atoms with Crippen LogP contribution in [0.3, 0.4) is 0 Å². The number of nitro benzene ring substituents is 1. The molecule has 6 nitrogen and oxygen atoms in total. The Balaban J connectivity index is 1.72. The molecule has 27 heavy (non-hydrogen) atoms. The first-order valence-electron chi connectivity index (χ1n) is 8.59. The molecule has 1 aromatic heterocycles. The van der Waals surface area contributed by atoms with Gasteiger partial charge in [0.1, 0.15) is 5.75 Å². The zero-order chi connectivity index (χ0) is 19.2. The van der Waals surface area contributed by atoms with Crippen molar-refractivity contribution >= 4 is 11.7 Å². The van der Waals surface area contributed by atoms with Gasteiger partial charge in [0.15, 0.2) is 0 Å². The number of nitro groups is 1. The maximum absolute atomic E-state index is 12.3. The van der Waals surface area contributed by atoms with Crippen LogP contribution in [-0.2, 0) is 6.42 Å². The first kappa shape index (κ1) is 18.3. The Labute approximate surface area is 156 Å². The van der Waals surface area contributed by atoms with E-state index in [2.05, 4.69) is 18.0 Å². The van der Waals surface area contributed by atoms with Crippen molar-refractivity contribution in [3.63, 3.8) is 0 Å². The van der Waals surface area contributed by atoms with Gasteiger partial charge in [0.2, 0.25) is 0 Å². The number of nitrogens with zero attached hydrogens (tertiary/aromatic N) is 2. The fraction of sp³-hybridized carbons (Fsp3) is 0.143. The van der Waals surface area contributed by atoms with Gasteiger partial charge < -0.3 is 4.74 Å². The van der Waals surface area contributed by atoms with Crippen molar-refractivity contribution < 1.29 is 14.5 Å². The molecule has 0 bridgehead atoms. The van der Waals surface area contributed by atoms with Gasteiger partial charge in [-0.05, 0) is 36.2 Å². The van der Waals surface area contributed by atoms with Crippen LogP contribution in [0.25, 0.3) is 11.3 Å². The van der Waals surface area contributed by atoms with E-state index in [1.165, 1.54) is 29.8 Å². The molecule has 3 aromatic rings. The Kier molecular flexibility index (Phi) is 5.56. The average molecular weight is 362 g/mol. The van der Waals surface area contributed by atoms with Crippen LogP contribution in [0.2, 0.25) is 0 Å². The third kappa shape index (κ3) is 4.55. The first-order valence-corrected chi connectivity index (χ1v) is 8.59. The van der Waals surface area contributed by atoms with Crippen LogP contribution in [-0.4, -0.2) is 15.9 Å². The van der Waals surface area contributed by atoms with Gasteiger partial charge in [-0.1, -0.05) is 37.6 Å². The van der Waals surface area contributed by atoms with Gasteiger partial charge in [0, 0.05) is 17.8 Å². The summed E-state index contributed by atoms with van der Waals surface area (Å²) in [6.07, 6.45) is 3.93. The Morgan fingerprint density at radius 2 is 1.89 bits per heavy atom.